The molecule has 0 amide bonds. The summed E-state index contributed by atoms with van der Waals surface area (Å²) >= 11 is 0. The molecule has 0 unspecified atom stereocenters. The Morgan fingerprint density at radius 3 is 2.43 bits per heavy atom. The first-order chi connectivity index (χ1) is 17.0. The van der Waals surface area contributed by atoms with Gasteiger partial charge in [-0.3, -0.25) is 4.90 Å². The van der Waals surface area contributed by atoms with Crippen molar-refractivity contribution in [1.29, 1.82) is 0 Å². The lowest BCUT2D eigenvalue weighted by molar-refractivity contribution is 0.285. The second-order valence-electron chi connectivity index (χ2n) is 9.84. The van der Waals surface area contributed by atoms with Crippen molar-refractivity contribution < 1.29 is 4.39 Å². The van der Waals surface area contributed by atoms with Gasteiger partial charge in [-0.05, 0) is 49.1 Å². The zero-order valence-corrected chi connectivity index (χ0v) is 20.8. The van der Waals surface area contributed by atoms with Crippen LogP contribution in [-0.2, 0) is 13.0 Å². The van der Waals surface area contributed by atoms with Gasteiger partial charge in [-0.25, -0.2) is 19.0 Å². The Morgan fingerprint density at radius 2 is 1.69 bits per heavy atom. The van der Waals surface area contributed by atoms with Crippen molar-refractivity contribution in [2.45, 2.75) is 40.2 Å². The molecule has 1 aliphatic rings. The standard InChI is InChI=1S/C28H33FN6/c1-20(2)18-25-30-27(26-21(3)32-35(28(26)31-25)24-8-5-4-6-9-24)34-15-7-14-33(16-17-34)19-22-10-12-23(29)13-11-22/h4-6,8-13,20H,7,14-19H2,1-3H3. The fourth-order valence-corrected chi connectivity index (χ4v) is 4.83. The predicted molar refractivity (Wildman–Crippen MR) is 138 cm³/mol. The van der Waals surface area contributed by atoms with E-state index in [1.54, 1.807) is 12.1 Å². The summed E-state index contributed by atoms with van der Waals surface area (Å²) in [5.74, 6) is 2.14. The third kappa shape index (κ3) is 5.20. The van der Waals surface area contributed by atoms with E-state index in [4.69, 9.17) is 15.1 Å². The molecule has 1 aliphatic heterocycles. The summed E-state index contributed by atoms with van der Waals surface area (Å²) in [7, 11) is 0. The van der Waals surface area contributed by atoms with Crippen molar-refractivity contribution in [1.82, 2.24) is 24.6 Å². The number of nitrogens with zero attached hydrogens (tertiary/aromatic N) is 6. The second kappa shape index (κ2) is 10.1. The number of anilines is 1. The van der Waals surface area contributed by atoms with Gasteiger partial charge in [-0.2, -0.15) is 5.10 Å². The second-order valence-corrected chi connectivity index (χ2v) is 9.84. The van der Waals surface area contributed by atoms with Crippen LogP contribution in [-0.4, -0.2) is 50.8 Å². The molecule has 2 aromatic heterocycles. The van der Waals surface area contributed by atoms with Gasteiger partial charge in [0.1, 0.15) is 17.5 Å². The molecule has 35 heavy (non-hydrogen) atoms. The minimum atomic E-state index is -0.188. The van der Waals surface area contributed by atoms with Crippen LogP contribution in [0.5, 0.6) is 0 Å². The SMILES string of the molecule is Cc1nn(-c2ccccc2)c2nc(CC(C)C)nc(N3CCCN(Cc4ccc(F)cc4)CC3)c12. The van der Waals surface area contributed by atoms with E-state index in [2.05, 4.69) is 42.7 Å². The molecule has 0 saturated carbocycles. The van der Waals surface area contributed by atoms with Gasteiger partial charge >= 0.3 is 0 Å². The van der Waals surface area contributed by atoms with Gasteiger partial charge in [0.15, 0.2) is 5.65 Å². The van der Waals surface area contributed by atoms with Gasteiger partial charge < -0.3 is 4.90 Å². The van der Waals surface area contributed by atoms with Gasteiger partial charge in [0, 0.05) is 39.1 Å². The van der Waals surface area contributed by atoms with E-state index in [0.29, 0.717) is 5.92 Å². The van der Waals surface area contributed by atoms with E-state index in [9.17, 15) is 4.39 Å². The quantitative estimate of drug-likeness (QED) is 0.387. The highest BCUT2D eigenvalue weighted by Gasteiger charge is 2.24. The fraction of sp³-hybridized carbons (Fsp3) is 0.393. The number of hydrogen-bond acceptors (Lipinski definition) is 5. The van der Waals surface area contributed by atoms with Gasteiger partial charge in [-0.1, -0.05) is 44.2 Å². The Labute approximate surface area is 206 Å². The van der Waals surface area contributed by atoms with Gasteiger partial charge in [0.2, 0.25) is 0 Å². The molecule has 0 aliphatic carbocycles. The number of fused-ring (bicyclic) bond motifs is 1. The highest BCUT2D eigenvalue weighted by atomic mass is 19.1. The summed E-state index contributed by atoms with van der Waals surface area (Å²) in [6.45, 7) is 11.0. The third-order valence-electron chi connectivity index (χ3n) is 6.53. The van der Waals surface area contributed by atoms with Gasteiger partial charge in [0.25, 0.3) is 0 Å². The number of halogens is 1. The minimum absolute atomic E-state index is 0.188. The van der Waals surface area contributed by atoms with Gasteiger partial charge in [0.05, 0.1) is 16.8 Å². The van der Waals surface area contributed by atoms with E-state index in [-0.39, 0.29) is 5.82 Å². The summed E-state index contributed by atoms with van der Waals surface area (Å²) in [6, 6.07) is 17.0. The monoisotopic (exact) mass is 472 g/mol. The van der Waals surface area contributed by atoms with Crippen LogP contribution >= 0.6 is 0 Å². The van der Waals surface area contributed by atoms with E-state index in [1.807, 2.05) is 35.0 Å². The lowest BCUT2D eigenvalue weighted by atomic mass is 10.1. The molecular formula is C28H33FN6. The highest BCUT2D eigenvalue weighted by Crippen LogP contribution is 2.30. The van der Waals surface area contributed by atoms with Gasteiger partial charge in [-0.15, -0.1) is 0 Å². The van der Waals surface area contributed by atoms with Crippen molar-refractivity contribution in [3.8, 4) is 5.69 Å². The minimum Gasteiger partial charge on any atom is -0.355 e. The molecule has 1 saturated heterocycles. The summed E-state index contributed by atoms with van der Waals surface area (Å²) in [5, 5.41) is 5.92. The first-order valence-electron chi connectivity index (χ1n) is 12.5. The predicted octanol–water partition coefficient (Wildman–Crippen LogP) is 5.17. The number of rotatable bonds is 6. The summed E-state index contributed by atoms with van der Waals surface area (Å²) in [4.78, 5) is 14.9. The lowest BCUT2D eigenvalue weighted by Crippen LogP contribution is -2.31. The number of benzene rings is 2. The van der Waals surface area contributed by atoms with Crippen molar-refractivity contribution in [2.24, 2.45) is 5.92 Å². The molecular weight excluding hydrogens is 439 g/mol. The Kier molecular flexibility index (Phi) is 6.77. The number of aromatic nitrogens is 4. The average Bonchev–Trinajstić information content (AvgIpc) is 3.01. The first-order valence-corrected chi connectivity index (χ1v) is 12.5. The molecule has 3 heterocycles. The maximum atomic E-state index is 13.3. The van der Waals surface area contributed by atoms with Crippen LogP contribution in [0.25, 0.3) is 16.7 Å². The Balaban J connectivity index is 1.48. The summed E-state index contributed by atoms with van der Waals surface area (Å²) < 4.78 is 15.3. The maximum Gasteiger partial charge on any atom is 0.168 e. The van der Waals surface area contributed by atoms with Crippen LogP contribution in [0.3, 0.4) is 0 Å². The van der Waals surface area contributed by atoms with Crippen LogP contribution in [0, 0.1) is 18.7 Å². The van der Waals surface area contributed by atoms with E-state index < -0.39 is 0 Å². The third-order valence-corrected chi connectivity index (χ3v) is 6.53. The van der Waals surface area contributed by atoms with Crippen molar-refractivity contribution in [3.05, 3.63) is 77.5 Å². The molecule has 0 N–H and O–H groups in total. The molecule has 7 heteroatoms. The van der Waals surface area contributed by atoms with Crippen LogP contribution < -0.4 is 4.90 Å². The zero-order chi connectivity index (χ0) is 24.4. The Hall–Kier alpha value is -3.32. The molecule has 0 atom stereocenters. The molecule has 0 bridgehead atoms. The average molecular weight is 473 g/mol. The largest absolute Gasteiger partial charge is 0.355 e. The number of aryl methyl sites for hydroxylation is 1. The molecule has 182 valence electrons. The normalized spacial score (nSPS) is 15.2. The van der Waals surface area contributed by atoms with Crippen LogP contribution in [0.2, 0.25) is 0 Å². The van der Waals surface area contributed by atoms with Crippen LogP contribution in [0.1, 0.15) is 37.4 Å². The van der Waals surface area contributed by atoms with Crippen molar-refractivity contribution in [3.63, 3.8) is 0 Å². The topological polar surface area (TPSA) is 50.1 Å². The smallest absolute Gasteiger partial charge is 0.168 e. The number of para-hydroxylation sites is 1. The van der Waals surface area contributed by atoms with Crippen LogP contribution in [0.15, 0.2) is 54.6 Å². The highest BCUT2D eigenvalue weighted by molar-refractivity contribution is 5.91. The number of hydrogen-bond donors (Lipinski definition) is 0. The van der Waals surface area contributed by atoms with Crippen molar-refractivity contribution >= 4 is 16.9 Å². The van der Waals surface area contributed by atoms with Crippen LogP contribution in [0.4, 0.5) is 10.2 Å². The van der Waals surface area contributed by atoms with E-state index in [0.717, 1.165) is 85.2 Å². The Morgan fingerprint density at radius 1 is 0.914 bits per heavy atom. The van der Waals surface area contributed by atoms with E-state index in [1.165, 1.54) is 0 Å². The lowest BCUT2D eigenvalue weighted by Gasteiger charge is -2.24. The summed E-state index contributed by atoms with van der Waals surface area (Å²) in [5.41, 5.74) is 3.97. The molecule has 0 radical (unpaired) electrons. The van der Waals surface area contributed by atoms with E-state index >= 15 is 0 Å². The fourth-order valence-electron chi connectivity index (χ4n) is 4.83. The molecule has 6 nitrogen and oxygen atoms in total. The molecule has 2 aromatic carbocycles. The first kappa shape index (κ1) is 23.4. The maximum absolute atomic E-state index is 13.3. The Bertz CT molecular complexity index is 1280. The zero-order valence-electron chi connectivity index (χ0n) is 20.8. The molecule has 1 fully saturated rings. The molecule has 0 spiro atoms. The van der Waals surface area contributed by atoms with Crippen molar-refractivity contribution in [2.75, 3.05) is 31.1 Å². The molecule has 4 aromatic rings. The molecule has 5 rings (SSSR count). The summed E-state index contributed by atoms with van der Waals surface area (Å²) in [6.07, 6.45) is 1.87.